The molecule has 1 aliphatic rings. The van der Waals surface area contributed by atoms with Crippen LogP contribution in [-0.4, -0.2) is 39.1 Å². The van der Waals surface area contributed by atoms with E-state index in [2.05, 4.69) is 10.5 Å². The van der Waals surface area contributed by atoms with Gasteiger partial charge in [-0.25, -0.2) is 5.43 Å². The Morgan fingerprint density at radius 1 is 1.35 bits per heavy atom. The zero-order valence-corrected chi connectivity index (χ0v) is 10.5. The molecule has 0 saturated carbocycles. The van der Waals surface area contributed by atoms with E-state index < -0.39 is 17.6 Å². The summed E-state index contributed by atoms with van der Waals surface area (Å²) in [5, 5.41) is 32.8. The predicted molar refractivity (Wildman–Crippen MR) is 73.3 cm³/mol. The second-order valence-corrected chi connectivity index (χ2v) is 4.29. The summed E-state index contributed by atoms with van der Waals surface area (Å²) in [4.78, 5) is 11.7. The normalized spacial score (nSPS) is 25.0. The Bertz CT molecular complexity index is 595. The van der Waals surface area contributed by atoms with Gasteiger partial charge in [0.05, 0.1) is 11.8 Å². The number of benzene rings is 1. The van der Waals surface area contributed by atoms with Crippen LogP contribution in [0.2, 0.25) is 0 Å². The fourth-order valence-electron chi connectivity index (χ4n) is 1.67. The molecule has 1 amide bonds. The van der Waals surface area contributed by atoms with Crippen molar-refractivity contribution in [2.24, 2.45) is 5.10 Å². The summed E-state index contributed by atoms with van der Waals surface area (Å²) in [5.74, 6) is -0.785. The summed E-state index contributed by atoms with van der Waals surface area (Å²) in [6, 6.07) is 6.01. The van der Waals surface area contributed by atoms with E-state index in [0.29, 0.717) is 0 Å². The van der Waals surface area contributed by atoms with Crippen LogP contribution in [0.4, 0.5) is 0 Å². The monoisotopic (exact) mass is 274 g/mol. The number of hydrogen-bond acceptors (Lipinski definition) is 5. The summed E-state index contributed by atoms with van der Waals surface area (Å²) >= 11 is 0. The number of carbonyl (C=O) groups excluding carboxylic acids is 1. The van der Waals surface area contributed by atoms with Crippen LogP contribution in [0, 0.1) is 0 Å². The number of para-hydroxylation sites is 1. The molecule has 0 fully saturated rings. The van der Waals surface area contributed by atoms with Crippen LogP contribution >= 0.6 is 0 Å². The Labute approximate surface area is 115 Å². The van der Waals surface area contributed by atoms with Gasteiger partial charge in [0.1, 0.15) is 17.5 Å². The number of aliphatic hydroxyl groups is 2. The largest absolute Gasteiger partial charge is 0.507 e. The van der Waals surface area contributed by atoms with Crippen molar-refractivity contribution in [2.75, 3.05) is 0 Å². The summed E-state index contributed by atoms with van der Waals surface area (Å²) in [7, 11) is 0. The van der Waals surface area contributed by atoms with Gasteiger partial charge in [0.2, 0.25) is 0 Å². The maximum atomic E-state index is 11.7. The first-order valence-corrected chi connectivity index (χ1v) is 5.92. The van der Waals surface area contributed by atoms with Crippen molar-refractivity contribution in [3.63, 3.8) is 0 Å². The number of allylic oxidation sites excluding steroid dienone is 2. The molecule has 4 N–H and O–H groups in total. The highest BCUT2D eigenvalue weighted by Crippen LogP contribution is 2.17. The van der Waals surface area contributed by atoms with E-state index in [4.69, 9.17) is 0 Å². The van der Waals surface area contributed by atoms with E-state index in [1.807, 2.05) is 0 Å². The minimum Gasteiger partial charge on any atom is -0.507 e. The highest BCUT2D eigenvalue weighted by molar-refractivity contribution is 5.97. The number of hydrazone groups is 1. The summed E-state index contributed by atoms with van der Waals surface area (Å²) < 4.78 is 0. The molecule has 2 atom stereocenters. The van der Waals surface area contributed by atoms with Gasteiger partial charge in [-0.2, -0.15) is 5.10 Å². The number of nitrogens with zero attached hydrogens (tertiary/aromatic N) is 1. The molecule has 0 aliphatic heterocycles. The van der Waals surface area contributed by atoms with Gasteiger partial charge in [-0.05, 0) is 18.2 Å². The van der Waals surface area contributed by atoms with Crippen molar-refractivity contribution < 1.29 is 20.1 Å². The van der Waals surface area contributed by atoms with E-state index in [0.717, 1.165) is 6.21 Å². The SMILES string of the molecule is O=C(NN=CC1(O)C=CC=CC1O)c1ccccc1O. The minimum absolute atomic E-state index is 0.0660. The van der Waals surface area contributed by atoms with Gasteiger partial charge in [-0.3, -0.25) is 4.79 Å². The molecule has 0 saturated heterocycles. The van der Waals surface area contributed by atoms with E-state index >= 15 is 0 Å². The molecule has 6 nitrogen and oxygen atoms in total. The Morgan fingerprint density at radius 2 is 2.10 bits per heavy atom. The third kappa shape index (κ3) is 2.93. The van der Waals surface area contributed by atoms with Crippen LogP contribution < -0.4 is 5.43 Å². The van der Waals surface area contributed by atoms with Crippen LogP contribution in [0.1, 0.15) is 10.4 Å². The van der Waals surface area contributed by atoms with Crippen molar-refractivity contribution in [3.8, 4) is 5.75 Å². The maximum Gasteiger partial charge on any atom is 0.275 e. The smallest absolute Gasteiger partial charge is 0.275 e. The standard InChI is InChI=1S/C14H14N2O4/c17-11-6-2-1-5-10(11)13(19)16-15-9-14(20)8-4-3-7-12(14)18/h1-9,12,17-18,20H,(H,16,19). The number of aliphatic hydroxyl groups excluding tert-OH is 1. The molecule has 1 aromatic carbocycles. The molecular weight excluding hydrogens is 260 g/mol. The molecular formula is C14H14N2O4. The fraction of sp³-hybridized carbons (Fsp3) is 0.143. The summed E-state index contributed by atoms with van der Waals surface area (Å²) in [6.45, 7) is 0. The van der Waals surface area contributed by atoms with E-state index in [9.17, 15) is 20.1 Å². The van der Waals surface area contributed by atoms with E-state index in [-0.39, 0.29) is 11.3 Å². The number of hydrogen-bond donors (Lipinski definition) is 4. The number of phenolic OH excluding ortho intramolecular Hbond substituents is 1. The lowest BCUT2D eigenvalue weighted by Gasteiger charge is -2.25. The molecule has 1 aliphatic carbocycles. The van der Waals surface area contributed by atoms with Gasteiger partial charge in [0.15, 0.2) is 0 Å². The van der Waals surface area contributed by atoms with Crippen molar-refractivity contribution in [3.05, 3.63) is 54.1 Å². The third-order valence-corrected chi connectivity index (χ3v) is 2.83. The number of nitrogens with one attached hydrogen (secondary N) is 1. The Balaban J connectivity index is 2.04. The zero-order chi connectivity index (χ0) is 14.6. The molecule has 104 valence electrons. The van der Waals surface area contributed by atoms with E-state index in [1.54, 1.807) is 24.3 Å². The number of amides is 1. The van der Waals surface area contributed by atoms with Gasteiger partial charge in [0.25, 0.3) is 5.91 Å². The summed E-state index contributed by atoms with van der Waals surface area (Å²) in [5.41, 5.74) is 0.574. The average molecular weight is 274 g/mol. The van der Waals surface area contributed by atoms with Gasteiger partial charge >= 0.3 is 0 Å². The molecule has 2 unspecified atom stereocenters. The third-order valence-electron chi connectivity index (χ3n) is 2.83. The molecule has 0 aromatic heterocycles. The second kappa shape index (κ2) is 5.68. The first-order chi connectivity index (χ1) is 9.53. The summed E-state index contributed by atoms with van der Waals surface area (Å²) in [6.07, 6.45) is 5.79. The fourth-order valence-corrected chi connectivity index (χ4v) is 1.67. The quantitative estimate of drug-likeness (QED) is 0.471. The average Bonchev–Trinajstić information content (AvgIpc) is 2.43. The highest BCUT2D eigenvalue weighted by Gasteiger charge is 2.30. The lowest BCUT2D eigenvalue weighted by atomic mass is 9.94. The number of carbonyl (C=O) groups is 1. The molecule has 0 heterocycles. The van der Waals surface area contributed by atoms with Crippen molar-refractivity contribution in [2.45, 2.75) is 11.7 Å². The molecule has 0 radical (unpaired) electrons. The Hall–Kier alpha value is -2.44. The van der Waals surface area contributed by atoms with Crippen LogP contribution in [0.3, 0.4) is 0 Å². The van der Waals surface area contributed by atoms with Crippen molar-refractivity contribution in [1.82, 2.24) is 5.43 Å². The van der Waals surface area contributed by atoms with Crippen molar-refractivity contribution in [1.29, 1.82) is 0 Å². The van der Waals surface area contributed by atoms with Crippen LogP contribution in [0.5, 0.6) is 5.75 Å². The highest BCUT2D eigenvalue weighted by atomic mass is 16.3. The van der Waals surface area contributed by atoms with Gasteiger partial charge in [-0.1, -0.05) is 30.4 Å². The van der Waals surface area contributed by atoms with Crippen LogP contribution in [0.25, 0.3) is 0 Å². The van der Waals surface area contributed by atoms with Crippen molar-refractivity contribution >= 4 is 12.1 Å². The van der Waals surface area contributed by atoms with Crippen LogP contribution in [0.15, 0.2) is 53.7 Å². The second-order valence-electron chi connectivity index (χ2n) is 4.29. The van der Waals surface area contributed by atoms with E-state index in [1.165, 1.54) is 24.3 Å². The lowest BCUT2D eigenvalue weighted by molar-refractivity contribution is 0.0396. The van der Waals surface area contributed by atoms with Gasteiger partial charge in [0, 0.05) is 0 Å². The Morgan fingerprint density at radius 3 is 2.80 bits per heavy atom. The topological polar surface area (TPSA) is 102 Å². The van der Waals surface area contributed by atoms with Crippen LogP contribution in [-0.2, 0) is 0 Å². The lowest BCUT2D eigenvalue weighted by Crippen LogP contribution is -2.42. The molecule has 0 spiro atoms. The molecule has 1 aromatic rings. The molecule has 6 heteroatoms. The first-order valence-electron chi connectivity index (χ1n) is 5.92. The maximum absolute atomic E-state index is 11.7. The molecule has 2 rings (SSSR count). The predicted octanol–water partition coefficient (Wildman–Crippen LogP) is 0.326. The minimum atomic E-state index is -1.67. The zero-order valence-electron chi connectivity index (χ0n) is 10.5. The Kier molecular flexibility index (Phi) is 3.97. The molecule has 20 heavy (non-hydrogen) atoms. The van der Waals surface area contributed by atoms with Gasteiger partial charge in [-0.15, -0.1) is 0 Å². The number of rotatable bonds is 3. The number of phenols is 1. The first kappa shape index (κ1) is 14.0. The molecule has 0 bridgehead atoms. The number of aromatic hydroxyl groups is 1. The van der Waals surface area contributed by atoms with Gasteiger partial charge < -0.3 is 15.3 Å².